The van der Waals surface area contributed by atoms with Gasteiger partial charge in [0.1, 0.15) is 12.2 Å². The highest BCUT2D eigenvalue weighted by atomic mass is 16.2. The van der Waals surface area contributed by atoms with Crippen molar-refractivity contribution in [1.82, 2.24) is 18.7 Å². The molecule has 0 unspecified atom stereocenters. The molecule has 3 rings (SSSR count). The van der Waals surface area contributed by atoms with E-state index in [-0.39, 0.29) is 18.0 Å². The lowest BCUT2D eigenvalue weighted by Crippen LogP contribution is -2.37. The third-order valence-electron chi connectivity index (χ3n) is 3.58. The van der Waals surface area contributed by atoms with Crippen LogP contribution < -0.4 is 16.6 Å². The Labute approximate surface area is 130 Å². The molecule has 0 bridgehead atoms. The molecule has 8 nitrogen and oxygen atoms in total. The predicted octanol–water partition coefficient (Wildman–Crippen LogP) is 0.0724. The molecule has 8 heteroatoms. The zero-order valence-corrected chi connectivity index (χ0v) is 12.7. The number of hydrogen-bond donors (Lipinski definition) is 1. The Morgan fingerprint density at radius 3 is 2.52 bits per heavy atom. The second-order valence-electron chi connectivity index (χ2n) is 5.16. The molecule has 0 saturated carbocycles. The van der Waals surface area contributed by atoms with Crippen molar-refractivity contribution in [3.63, 3.8) is 0 Å². The second-order valence-corrected chi connectivity index (χ2v) is 5.16. The standard InChI is InChI=1S/C15H15N5O3/c1-18-13-12(14(22)19(2)15(18)23)16-9-20(13)8-11(21)17-10-6-4-3-5-7-10/h3-7,9H,8H2,1-2H3,(H,17,21). The van der Waals surface area contributed by atoms with Gasteiger partial charge in [-0.1, -0.05) is 18.2 Å². The van der Waals surface area contributed by atoms with Gasteiger partial charge in [0.25, 0.3) is 5.56 Å². The lowest BCUT2D eigenvalue weighted by Gasteiger charge is -2.09. The van der Waals surface area contributed by atoms with Crippen molar-refractivity contribution < 1.29 is 4.79 Å². The van der Waals surface area contributed by atoms with Crippen molar-refractivity contribution in [2.45, 2.75) is 6.54 Å². The molecule has 1 amide bonds. The molecule has 0 aliphatic rings. The van der Waals surface area contributed by atoms with Gasteiger partial charge in [0.15, 0.2) is 5.52 Å². The summed E-state index contributed by atoms with van der Waals surface area (Å²) in [5.74, 6) is -0.274. The molecule has 0 atom stereocenters. The number of para-hydroxylation sites is 1. The van der Waals surface area contributed by atoms with E-state index in [1.165, 1.54) is 29.6 Å². The monoisotopic (exact) mass is 313 g/mol. The van der Waals surface area contributed by atoms with E-state index < -0.39 is 11.2 Å². The maximum atomic E-state index is 12.1. The van der Waals surface area contributed by atoms with Crippen LogP contribution in [0.25, 0.3) is 11.2 Å². The minimum absolute atomic E-state index is 0.0498. The van der Waals surface area contributed by atoms with E-state index >= 15 is 0 Å². The summed E-state index contributed by atoms with van der Waals surface area (Å²) in [5.41, 5.74) is 0.202. The fourth-order valence-electron chi connectivity index (χ4n) is 2.43. The van der Waals surface area contributed by atoms with Crippen molar-refractivity contribution in [2.75, 3.05) is 5.32 Å². The molecule has 0 spiro atoms. The summed E-state index contributed by atoms with van der Waals surface area (Å²) >= 11 is 0. The highest BCUT2D eigenvalue weighted by molar-refractivity contribution is 5.91. The molecule has 1 N–H and O–H groups in total. The van der Waals surface area contributed by atoms with Gasteiger partial charge in [0.2, 0.25) is 5.91 Å². The number of carbonyl (C=O) groups is 1. The average Bonchev–Trinajstić information content (AvgIpc) is 2.95. The third-order valence-corrected chi connectivity index (χ3v) is 3.58. The molecule has 0 aliphatic heterocycles. The number of carbonyl (C=O) groups excluding carboxylic acids is 1. The molecule has 0 fully saturated rings. The Bertz CT molecular complexity index is 998. The summed E-state index contributed by atoms with van der Waals surface area (Å²) in [6.07, 6.45) is 1.38. The summed E-state index contributed by atoms with van der Waals surface area (Å²) in [6, 6.07) is 9.03. The number of aromatic nitrogens is 4. The predicted molar refractivity (Wildman–Crippen MR) is 85.3 cm³/mol. The number of anilines is 1. The minimum Gasteiger partial charge on any atom is -0.325 e. The fourth-order valence-corrected chi connectivity index (χ4v) is 2.43. The zero-order valence-electron chi connectivity index (χ0n) is 12.7. The number of aryl methyl sites for hydroxylation is 1. The molecular formula is C15H15N5O3. The molecule has 2 heterocycles. The van der Waals surface area contributed by atoms with Crippen LogP contribution in [-0.4, -0.2) is 24.6 Å². The number of hydrogen-bond acceptors (Lipinski definition) is 4. The van der Waals surface area contributed by atoms with E-state index in [0.29, 0.717) is 11.3 Å². The van der Waals surface area contributed by atoms with Crippen LogP contribution >= 0.6 is 0 Å². The molecule has 2 aromatic heterocycles. The van der Waals surface area contributed by atoms with Crippen LogP contribution in [0.4, 0.5) is 5.69 Å². The van der Waals surface area contributed by atoms with Gasteiger partial charge in [-0.15, -0.1) is 0 Å². The van der Waals surface area contributed by atoms with Crippen LogP contribution in [0, 0.1) is 0 Å². The van der Waals surface area contributed by atoms with Gasteiger partial charge in [0, 0.05) is 19.8 Å². The van der Waals surface area contributed by atoms with Crippen LogP contribution in [-0.2, 0) is 25.4 Å². The maximum Gasteiger partial charge on any atom is 0.332 e. The lowest BCUT2D eigenvalue weighted by molar-refractivity contribution is -0.116. The summed E-state index contributed by atoms with van der Waals surface area (Å²) in [6.45, 7) is -0.0498. The number of nitrogens with one attached hydrogen (secondary N) is 1. The van der Waals surface area contributed by atoms with Crippen LogP contribution in [0.3, 0.4) is 0 Å². The van der Waals surface area contributed by atoms with Crippen LogP contribution in [0.1, 0.15) is 0 Å². The van der Waals surface area contributed by atoms with E-state index in [9.17, 15) is 14.4 Å². The Balaban J connectivity index is 1.97. The van der Waals surface area contributed by atoms with E-state index in [0.717, 1.165) is 4.57 Å². The first-order chi connectivity index (χ1) is 11.0. The topological polar surface area (TPSA) is 90.9 Å². The molecule has 0 radical (unpaired) electrons. The third kappa shape index (κ3) is 2.54. The Morgan fingerprint density at radius 1 is 1.13 bits per heavy atom. The first-order valence-electron chi connectivity index (χ1n) is 6.95. The number of rotatable bonds is 3. The number of benzene rings is 1. The van der Waals surface area contributed by atoms with Gasteiger partial charge in [-0.3, -0.25) is 18.7 Å². The van der Waals surface area contributed by atoms with Gasteiger partial charge in [-0.25, -0.2) is 9.78 Å². The molecule has 0 aliphatic carbocycles. The van der Waals surface area contributed by atoms with E-state index in [2.05, 4.69) is 10.3 Å². The van der Waals surface area contributed by atoms with Gasteiger partial charge in [-0.2, -0.15) is 0 Å². The molecule has 3 aromatic rings. The Morgan fingerprint density at radius 2 is 1.83 bits per heavy atom. The highest BCUT2D eigenvalue weighted by Crippen LogP contribution is 2.08. The largest absolute Gasteiger partial charge is 0.332 e. The summed E-state index contributed by atoms with van der Waals surface area (Å²) < 4.78 is 3.78. The number of amides is 1. The van der Waals surface area contributed by atoms with Crippen LogP contribution in [0.2, 0.25) is 0 Å². The summed E-state index contributed by atoms with van der Waals surface area (Å²) in [4.78, 5) is 40.3. The van der Waals surface area contributed by atoms with Crippen LogP contribution in [0.15, 0.2) is 46.2 Å². The smallest absolute Gasteiger partial charge is 0.325 e. The maximum absolute atomic E-state index is 12.1. The van der Waals surface area contributed by atoms with Crippen molar-refractivity contribution in [1.29, 1.82) is 0 Å². The first-order valence-corrected chi connectivity index (χ1v) is 6.95. The van der Waals surface area contributed by atoms with E-state index in [1.54, 1.807) is 12.1 Å². The van der Waals surface area contributed by atoms with Crippen molar-refractivity contribution >= 4 is 22.8 Å². The van der Waals surface area contributed by atoms with E-state index in [1.807, 2.05) is 18.2 Å². The van der Waals surface area contributed by atoms with Crippen LogP contribution in [0.5, 0.6) is 0 Å². The molecular weight excluding hydrogens is 298 g/mol. The highest BCUT2D eigenvalue weighted by Gasteiger charge is 2.15. The summed E-state index contributed by atoms with van der Waals surface area (Å²) in [5, 5.41) is 2.75. The SMILES string of the molecule is Cn1c(=O)c2ncn(CC(=O)Nc3ccccc3)c2n(C)c1=O. The number of fused-ring (bicyclic) bond motifs is 1. The Hall–Kier alpha value is -3.16. The molecule has 23 heavy (non-hydrogen) atoms. The van der Waals surface area contributed by atoms with Crippen molar-refractivity contribution in [3.05, 3.63) is 57.5 Å². The second kappa shape index (κ2) is 5.56. The normalized spacial score (nSPS) is 10.9. The summed E-state index contributed by atoms with van der Waals surface area (Å²) in [7, 11) is 2.93. The molecule has 118 valence electrons. The number of imidazole rings is 1. The zero-order chi connectivity index (χ0) is 16.6. The molecule has 1 aromatic carbocycles. The van der Waals surface area contributed by atoms with E-state index in [4.69, 9.17) is 0 Å². The quantitative estimate of drug-likeness (QED) is 0.741. The van der Waals surface area contributed by atoms with Crippen molar-refractivity contribution in [3.8, 4) is 0 Å². The molecule has 0 saturated heterocycles. The lowest BCUT2D eigenvalue weighted by atomic mass is 10.3. The number of nitrogens with zero attached hydrogens (tertiary/aromatic N) is 4. The van der Waals surface area contributed by atoms with Gasteiger partial charge >= 0.3 is 5.69 Å². The first kappa shape index (κ1) is 14.8. The van der Waals surface area contributed by atoms with Gasteiger partial charge < -0.3 is 9.88 Å². The Kier molecular flexibility index (Phi) is 3.57. The van der Waals surface area contributed by atoms with Gasteiger partial charge in [-0.05, 0) is 12.1 Å². The minimum atomic E-state index is -0.481. The van der Waals surface area contributed by atoms with Gasteiger partial charge in [0.05, 0.1) is 6.33 Å². The average molecular weight is 313 g/mol. The fraction of sp³-hybridized carbons (Fsp3) is 0.200. The van der Waals surface area contributed by atoms with Crippen molar-refractivity contribution in [2.24, 2.45) is 14.1 Å².